The SMILES string of the molecule is Cc1nc(-c2noc(N)c2-c2ccc3c(c2)OCO3)cs1. The summed E-state index contributed by atoms with van der Waals surface area (Å²) in [7, 11) is 0. The second-order valence-electron chi connectivity index (χ2n) is 4.59. The molecule has 0 fully saturated rings. The van der Waals surface area contributed by atoms with Gasteiger partial charge in [0.15, 0.2) is 11.5 Å². The van der Waals surface area contributed by atoms with Crippen molar-refractivity contribution >= 4 is 17.2 Å². The van der Waals surface area contributed by atoms with Crippen molar-refractivity contribution in [3.63, 3.8) is 0 Å². The largest absolute Gasteiger partial charge is 0.454 e. The summed E-state index contributed by atoms with van der Waals surface area (Å²) >= 11 is 1.55. The van der Waals surface area contributed by atoms with Crippen LogP contribution in [0.3, 0.4) is 0 Å². The molecule has 1 aliphatic heterocycles. The maximum absolute atomic E-state index is 5.94. The Morgan fingerprint density at radius 1 is 1.24 bits per heavy atom. The number of aryl methyl sites for hydroxylation is 1. The quantitative estimate of drug-likeness (QED) is 0.783. The Morgan fingerprint density at radius 2 is 2.10 bits per heavy atom. The molecule has 6 nitrogen and oxygen atoms in total. The minimum atomic E-state index is 0.232. The van der Waals surface area contributed by atoms with Gasteiger partial charge in [0.2, 0.25) is 12.7 Å². The van der Waals surface area contributed by atoms with E-state index in [1.807, 2.05) is 30.5 Å². The Kier molecular flexibility index (Phi) is 2.61. The number of rotatable bonds is 2. The van der Waals surface area contributed by atoms with Gasteiger partial charge in [-0.25, -0.2) is 4.98 Å². The number of nitrogens with two attached hydrogens (primary N) is 1. The zero-order chi connectivity index (χ0) is 14.4. The molecular formula is C14H11N3O3S. The number of thiazole rings is 1. The van der Waals surface area contributed by atoms with Crippen molar-refractivity contribution in [3.8, 4) is 34.0 Å². The summed E-state index contributed by atoms with van der Waals surface area (Å²) in [6.07, 6.45) is 0. The monoisotopic (exact) mass is 301 g/mol. The molecule has 1 aliphatic rings. The van der Waals surface area contributed by atoms with Crippen molar-refractivity contribution in [2.75, 3.05) is 12.5 Å². The molecule has 0 amide bonds. The zero-order valence-corrected chi connectivity index (χ0v) is 11.9. The van der Waals surface area contributed by atoms with Gasteiger partial charge in [-0.1, -0.05) is 11.2 Å². The summed E-state index contributed by atoms with van der Waals surface area (Å²) in [5.41, 5.74) is 8.91. The third-order valence-corrected chi connectivity index (χ3v) is 4.01. The maximum atomic E-state index is 5.94. The van der Waals surface area contributed by atoms with Gasteiger partial charge in [-0.05, 0) is 24.6 Å². The second-order valence-corrected chi connectivity index (χ2v) is 5.65. The normalized spacial score (nSPS) is 12.8. The molecular weight excluding hydrogens is 290 g/mol. The average Bonchev–Trinajstić information content (AvgIpc) is 3.17. The van der Waals surface area contributed by atoms with E-state index < -0.39 is 0 Å². The lowest BCUT2D eigenvalue weighted by molar-refractivity contribution is 0.174. The van der Waals surface area contributed by atoms with E-state index in [-0.39, 0.29) is 12.7 Å². The van der Waals surface area contributed by atoms with Crippen molar-refractivity contribution < 1.29 is 14.0 Å². The van der Waals surface area contributed by atoms with E-state index in [0.29, 0.717) is 11.4 Å². The highest BCUT2D eigenvalue weighted by molar-refractivity contribution is 7.09. The number of anilines is 1. The highest BCUT2D eigenvalue weighted by Crippen LogP contribution is 2.41. The number of nitrogen functional groups attached to an aromatic ring is 1. The van der Waals surface area contributed by atoms with Gasteiger partial charge in [0.05, 0.1) is 10.6 Å². The molecule has 3 aromatic rings. The fourth-order valence-corrected chi connectivity index (χ4v) is 2.88. The topological polar surface area (TPSA) is 83.4 Å². The molecule has 106 valence electrons. The molecule has 2 aromatic heterocycles. The molecule has 0 saturated heterocycles. The van der Waals surface area contributed by atoms with Gasteiger partial charge in [-0.15, -0.1) is 11.3 Å². The molecule has 0 atom stereocenters. The molecule has 2 N–H and O–H groups in total. The van der Waals surface area contributed by atoms with Crippen LogP contribution in [-0.2, 0) is 0 Å². The number of benzene rings is 1. The minimum absolute atomic E-state index is 0.232. The van der Waals surface area contributed by atoms with E-state index in [1.54, 1.807) is 11.3 Å². The summed E-state index contributed by atoms with van der Waals surface area (Å²) in [6.45, 7) is 2.17. The molecule has 0 aliphatic carbocycles. The number of ether oxygens (including phenoxy) is 2. The van der Waals surface area contributed by atoms with Crippen LogP contribution < -0.4 is 15.2 Å². The van der Waals surface area contributed by atoms with E-state index in [0.717, 1.165) is 27.6 Å². The first-order chi connectivity index (χ1) is 10.2. The summed E-state index contributed by atoms with van der Waals surface area (Å²) in [5, 5.41) is 6.94. The van der Waals surface area contributed by atoms with E-state index >= 15 is 0 Å². The lowest BCUT2D eigenvalue weighted by Gasteiger charge is -2.03. The molecule has 0 radical (unpaired) electrons. The summed E-state index contributed by atoms with van der Waals surface area (Å²) in [6, 6.07) is 5.62. The fraction of sp³-hybridized carbons (Fsp3) is 0.143. The summed E-state index contributed by atoms with van der Waals surface area (Å²) < 4.78 is 15.9. The van der Waals surface area contributed by atoms with Crippen LogP contribution in [0.25, 0.3) is 22.5 Å². The molecule has 21 heavy (non-hydrogen) atoms. The molecule has 1 aromatic carbocycles. The summed E-state index contributed by atoms with van der Waals surface area (Å²) in [4.78, 5) is 4.44. The predicted molar refractivity (Wildman–Crippen MR) is 78.3 cm³/mol. The van der Waals surface area contributed by atoms with Gasteiger partial charge in [-0.2, -0.15) is 0 Å². The van der Waals surface area contributed by atoms with Crippen LogP contribution >= 0.6 is 11.3 Å². The standard InChI is InChI=1S/C14H11N3O3S/c1-7-16-9(5-21-7)13-12(14(15)20-17-13)8-2-3-10-11(4-8)19-6-18-10/h2-5H,6,15H2,1H3. The molecule has 0 unspecified atom stereocenters. The van der Waals surface area contributed by atoms with Crippen molar-refractivity contribution in [2.24, 2.45) is 0 Å². The minimum Gasteiger partial charge on any atom is -0.454 e. The van der Waals surface area contributed by atoms with Crippen molar-refractivity contribution in [2.45, 2.75) is 6.92 Å². The van der Waals surface area contributed by atoms with Crippen LogP contribution in [0.5, 0.6) is 11.5 Å². The summed E-state index contributed by atoms with van der Waals surface area (Å²) in [5.74, 6) is 1.67. The Balaban J connectivity index is 1.87. The van der Waals surface area contributed by atoms with E-state index in [4.69, 9.17) is 19.7 Å². The Hall–Kier alpha value is -2.54. The van der Waals surface area contributed by atoms with Gasteiger partial charge in [0.25, 0.3) is 0 Å². The van der Waals surface area contributed by atoms with Gasteiger partial charge in [-0.3, -0.25) is 0 Å². The first-order valence-electron chi connectivity index (χ1n) is 6.30. The van der Waals surface area contributed by atoms with E-state index in [9.17, 15) is 0 Å². The highest BCUT2D eigenvalue weighted by Gasteiger charge is 2.22. The van der Waals surface area contributed by atoms with Crippen molar-refractivity contribution in [3.05, 3.63) is 28.6 Å². The number of hydrogen-bond acceptors (Lipinski definition) is 7. The lowest BCUT2D eigenvalue weighted by Crippen LogP contribution is -1.92. The molecule has 3 heterocycles. The van der Waals surface area contributed by atoms with Crippen LogP contribution in [0, 0.1) is 6.92 Å². The molecule has 0 bridgehead atoms. The molecule has 7 heteroatoms. The molecule has 0 saturated carbocycles. The lowest BCUT2D eigenvalue weighted by atomic mass is 10.0. The third-order valence-electron chi connectivity index (χ3n) is 3.24. The van der Waals surface area contributed by atoms with Gasteiger partial charge in [0.1, 0.15) is 11.4 Å². The van der Waals surface area contributed by atoms with Gasteiger partial charge >= 0.3 is 0 Å². The average molecular weight is 301 g/mol. The fourth-order valence-electron chi connectivity index (χ4n) is 2.28. The zero-order valence-electron chi connectivity index (χ0n) is 11.1. The Labute approximate surface area is 124 Å². The smallest absolute Gasteiger partial charge is 0.231 e. The molecule has 4 rings (SSSR count). The number of fused-ring (bicyclic) bond motifs is 1. The van der Waals surface area contributed by atoms with Crippen LogP contribution in [0.1, 0.15) is 5.01 Å². The van der Waals surface area contributed by atoms with Gasteiger partial charge in [0, 0.05) is 5.38 Å². The van der Waals surface area contributed by atoms with Crippen molar-refractivity contribution in [1.82, 2.24) is 10.1 Å². The first kappa shape index (κ1) is 12.2. The predicted octanol–water partition coefficient (Wildman–Crippen LogP) is 3.08. The van der Waals surface area contributed by atoms with Crippen LogP contribution in [0.2, 0.25) is 0 Å². The molecule has 0 spiro atoms. The Bertz CT molecular complexity index is 825. The second kappa shape index (κ2) is 4.49. The third kappa shape index (κ3) is 1.93. The van der Waals surface area contributed by atoms with E-state index in [2.05, 4.69) is 10.1 Å². The van der Waals surface area contributed by atoms with Crippen molar-refractivity contribution in [1.29, 1.82) is 0 Å². The van der Waals surface area contributed by atoms with Crippen LogP contribution in [0.4, 0.5) is 5.88 Å². The number of nitrogens with zero attached hydrogens (tertiary/aromatic N) is 2. The van der Waals surface area contributed by atoms with Crippen LogP contribution in [-0.4, -0.2) is 16.9 Å². The highest BCUT2D eigenvalue weighted by atomic mass is 32.1. The number of aromatic nitrogens is 2. The van der Waals surface area contributed by atoms with E-state index in [1.165, 1.54) is 0 Å². The number of hydrogen-bond donors (Lipinski definition) is 1. The van der Waals surface area contributed by atoms with Crippen LogP contribution in [0.15, 0.2) is 28.1 Å². The first-order valence-corrected chi connectivity index (χ1v) is 7.18. The van der Waals surface area contributed by atoms with Gasteiger partial charge < -0.3 is 19.7 Å². The Morgan fingerprint density at radius 3 is 2.90 bits per heavy atom. The maximum Gasteiger partial charge on any atom is 0.231 e.